The van der Waals surface area contributed by atoms with Gasteiger partial charge >= 0.3 is 6.18 Å². The smallest absolute Gasteiger partial charge is 0.262 e. The van der Waals surface area contributed by atoms with Crippen molar-refractivity contribution in [2.75, 3.05) is 0 Å². The zero-order chi connectivity index (χ0) is 15.1. The molecule has 0 atom stereocenters. The van der Waals surface area contributed by atoms with E-state index in [0.29, 0.717) is 4.68 Å². The van der Waals surface area contributed by atoms with Gasteiger partial charge < -0.3 is 0 Å². The molecular weight excluding hydrogens is 293 g/mol. The third-order valence-corrected chi connectivity index (χ3v) is 4.57. The first-order chi connectivity index (χ1) is 9.14. The summed E-state index contributed by atoms with van der Waals surface area (Å²) in [7, 11) is -3.20. The monoisotopic (exact) mass is 304 g/mol. The van der Waals surface area contributed by atoms with Gasteiger partial charge in [-0.1, -0.05) is 17.7 Å². The lowest BCUT2D eigenvalue weighted by Crippen LogP contribution is -2.16. The van der Waals surface area contributed by atoms with Crippen molar-refractivity contribution in [1.29, 1.82) is 0 Å². The molecule has 2 rings (SSSR count). The van der Waals surface area contributed by atoms with E-state index in [2.05, 4.69) is 5.10 Å². The molecule has 1 aromatic carbocycles. The van der Waals surface area contributed by atoms with Crippen molar-refractivity contribution in [2.45, 2.75) is 22.9 Å². The molecule has 8 heteroatoms. The number of sulfone groups is 1. The van der Waals surface area contributed by atoms with Crippen LogP contribution in [0.5, 0.6) is 0 Å². The van der Waals surface area contributed by atoms with E-state index in [1.54, 1.807) is 6.92 Å². The van der Waals surface area contributed by atoms with Gasteiger partial charge in [-0.2, -0.15) is 18.3 Å². The zero-order valence-corrected chi connectivity index (χ0v) is 11.5. The molecule has 0 unspecified atom stereocenters. The molecule has 0 saturated heterocycles. The van der Waals surface area contributed by atoms with Crippen LogP contribution in [0, 0.1) is 6.92 Å². The lowest BCUT2D eigenvalue weighted by atomic mass is 10.2. The Morgan fingerprint density at radius 1 is 1.15 bits per heavy atom. The predicted octanol–water partition coefficient (Wildman–Crippen LogP) is 2.58. The number of halogens is 3. The molecule has 0 amide bonds. The van der Waals surface area contributed by atoms with Crippen molar-refractivity contribution in [3.63, 3.8) is 0 Å². The first kappa shape index (κ1) is 14.6. The fourth-order valence-corrected chi connectivity index (χ4v) is 3.22. The van der Waals surface area contributed by atoms with E-state index in [-0.39, 0.29) is 4.90 Å². The Bertz CT molecular complexity index is 731. The van der Waals surface area contributed by atoms with Crippen LogP contribution in [0.4, 0.5) is 13.2 Å². The predicted molar refractivity (Wildman–Crippen MR) is 64.8 cm³/mol. The first-order valence-electron chi connectivity index (χ1n) is 5.55. The van der Waals surface area contributed by atoms with Crippen LogP contribution in [0.1, 0.15) is 11.3 Å². The standard InChI is InChI=1S/C12H11F3N2O2S/c1-8-3-5-9(6-4-8)20(18,19)10-7-16-17(2)11(10)12(13,14)15/h3-7H,1-2H3. The number of aromatic nitrogens is 2. The lowest BCUT2D eigenvalue weighted by Gasteiger charge is -2.10. The van der Waals surface area contributed by atoms with E-state index in [9.17, 15) is 21.6 Å². The molecule has 0 N–H and O–H groups in total. The minimum absolute atomic E-state index is 0.193. The molecule has 0 aliphatic heterocycles. The maximum absolute atomic E-state index is 12.9. The van der Waals surface area contributed by atoms with E-state index < -0.39 is 26.6 Å². The minimum Gasteiger partial charge on any atom is -0.262 e. The quantitative estimate of drug-likeness (QED) is 0.857. The van der Waals surface area contributed by atoms with Gasteiger partial charge in [0.1, 0.15) is 4.90 Å². The van der Waals surface area contributed by atoms with Gasteiger partial charge in [0.05, 0.1) is 11.1 Å². The van der Waals surface area contributed by atoms with Crippen LogP contribution in [0.15, 0.2) is 40.3 Å². The summed E-state index contributed by atoms with van der Waals surface area (Å²) in [5, 5.41) is 3.41. The highest BCUT2D eigenvalue weighted by atomic mass is 32.2. The Labute approximate surface area is 113 Å². The number of aryl methyl sites for hydroxylation is 2. The van der Waals surface area contributed by atoms with Crippen LogP contribution in [0.2, 0.25) is 0 Å². The molecule has 108 valence electrons. The van der Waals surface area contributed by atoms with Crippen LogP contribution in [0.25, 0.3) is 0 Å². The van der Waals surface area contributed by atoms with Gasteiger partial charge in [-0.25, -0.2) is 8.42 Å². The second-order valence-electron chi connectivity index (χ2n) is 4.30. The number of hydrogen-bond acceptors (Lipinski definition) is 3. The van der Waals surface area contributed by atoms with Crippen LogP contribution in [-0.4, -0.2) is 18.2 Å². The molecule has 1 heterocycles. The van der Waals surface area contributed by atoms with Crippen LogP contribution >= 0.6 is 0 Å². The molecule has 0 aliphatic carbocycles. The van der Waals surface area contributed by atoms with E-state index in [1.165, 1.54) is 24.3 Å². The maximum atomic E-state index is 12.9. The van der Waals surface area contributed by atoms with E-state index in [4.69, 9.17) is 0 Å². The fraction of sp³-hybridized carbons (Fsp3) is 0.250. The average molecular weight is 304 g/mol. The number of nitrogens with zero attached hydrogens (tertiary/aromatic N) is 2. The maximum Gasteiger partial charge on any atom is 0.434 e. The van der Waals surface area contributed by atoms with Gasteiger partial charge in [0, 0.05) is 7.05 Å². The van der Waals surface area contributed by atoms with Crippen molar-refractivity contribution >= 4 is 9.84 Å². The Kier molecular flexibility index (Phi) is 3.37. The molecular formula is C12H11F3N2O2S. The topological polar surface area (TPSA) is 52.0 Å². The highest BCUT2D eigenvalue weighted by Crippen LogP contribution is 2.35. The Balaban J connectivity index is 2.65. The summed E-state index contributed by atoms with van der Waals surface area (Å²) >= 11 is 0. The molecule has 0 spiro atoms. The fourth-order valence-electron chi connectivity index (χ4n) is 1.78. The summed E-state index contributed by atoms with van der Waals surface area (Å²) in [6.45, 7) is 1.75. The summed E-state index contributed by atoms with van der Waals surface area (Å²) in [5.74, 6) is 0. The second kappa shape index (κ2) is 4.62. The third kappa shape index (κ3) is 2.43. The average Bonchev–Trinajstić information content (AvgIpc) is 2.72. The SMILES string of the molecule is Cc1ccc(S(=O)(=O)c2cnn(C)c2C(F)(F)F)cc1. The van der Waals surface area contributed by atoms with E-state index in [1.807, 2.05) is 0 Å². The summed E-state index contributed by atoms with van der Waals surface area (Å²) in [6.07, 6.45) is -4.07. The van der Waals surface area contributed by atoms with Crippen molar-refractivity contribution in [2.24, 2.45) is 7.05 Å². The summed E-state index contributed by atoms with van der Waals surface area (Å²) in [4.78, 5) is -1.03. The van der Waals surface area contributed by atoms with Crippen molar-refractivity contribution < 1.29 is 21.6 Å². The molecule has 0 radical (unpaired) electrons. The van der Waals surface area contributed by atoms with Crippen molar-refractivity contribution in [3.05, 3.63) is 41.7 Å². The summed E-state index contributed by atoms with van der Waals surface area (Å²) < 4.78 is 63.8. The summed E-state index contributed by atoms with van der Waals surface area (Å²) in [6, 6.07) is 5.60. The van der Waals surface area contributed by atoms with Gasteiger partial charge in [0.15, 0.2) is 5.69 Å². The van der Waals surface area contributed by atoms with E-state index in [0.717, 1.165) is 18.8 Å². The number of alkyl halides is 3. The highest BCUT2D eigenvalue weighted by molar-refractivity contribution is 7.91. The number of hydrogen-bond donors (Lipinski definition) is 0. The zero-order valence-electron chi connectivity index (χ0n) is 10.6. The Morgan fingerprint density at radius 2 is 1.70 bits per heavy atom. The molecule has 20 heavy (non-hydrogen) atoms. The van der Waals surface area contributed by atoms with E-state index >= 15 is 0 Å². The number of benzene rings is 1. The largest absolute Gasteiger partial charge is 0.434 e. The molecule has 0 bridgehead atoms. The van der Waals surface area contributed by atoms with Gasteiger partial charge in [-0.15, -0.1) is 0 Å². The second-order valence-corrected chi connectivity index (χ2v) is 6.21. The van der Waals surface area contributed by atoms with Gasteiger partial charge in [0.2, 0.25) is 9.84 Å². The Morgan fingerprint density at radius 3 is 2.20 bits per heavy atom. The molecule has 2 aromatic rings. The van der Waals surface area contributed by atoms with Crippen LogP contribution in [-0.2, 0) is 23.1 Å². The van der Waals surface area contributed by atoms with Crippen molar-refractivity contribution in [3.8, 4) is 0 Å². The molecule has 0 saturated carbocycles. The molecule has 4 nitrogen and oxygen atoms in total. The molecule has 1 aromatic heterocycles. The molecule has 0 aliphatic rings. The minimum atomic E-state index is -4.79. The van der Waals surface area contributed by atoms with Crippen molar-refractivity contribution in [1.82, 2.24) is 9.78 Å². The Hall–Kier alpha value is -1.83. The third-order valence-electron chi connectivity index (χ3n) is 2.79. The summed E-state index contributed by atoms with van der Waals surface area (Å²) in [5.41, 5.74) is -0.468. The van der Waals surface area contributed by atoms with Crippen LogP contribution in [0.3, 0.4) is 0 Å². The lowest BCUT2D eigenvalue weighted by molar-refractivity contribution is -0.146. The normalized spacial score (nSPS) is 12.7. The molecule has 0 fully saturated rings. The first-order valence-corrected chi connectivity index (χ1v) is 7.03. The van der Waals surface area contributed by atoms with Gasteiger partial charge in [0.25, 0.3) is 0 Å². The van der Waals surface area contributed by atoms with Gasteiger partial charge in [-0.3, -0.25) is 4.68 Å². The highest BCUT2D eigenvalue weighted by Gasteiger charge is 2.41. The van der Waals surface area contributed by atoms with Gasteiger partial charge in [-0.05, 0) is 19.1 Å². The number of rotatable bonds is 2. The van der Waals surface area contributed by atoms with Crippen LogP contribution < -0.4 is 0 Å².